The average molecular weight is 323 g/mol. The van der Waals surface area contributed by atoms with E-state index in [0.717, 1.165) is 18.6 Å². The molecule has 21 heavy (non-hydrogen) atoms. The molecule has 0 spiro atoms. The quantitative estimate of drug-likeness (QED) is 0.919. The summed E-state index contributed by atoms with van der Waals surface area (Å²) < 4.78 is 65.0. The van der Waals surface area contributed by atoms with Gasteiger partial charge in [-0.1, -0.05) is 0 Å². The standard InChI is InChI=1S/C10H12F3N5O2S/c1-7-9(4-14-17(7)2)21(19,20)16-8-3-15-18(5-8)6-10(11,12)13/h3-5,16H,6H2,1-2H3. The van der Waals surface area contributed by atoms with Crippen molar-refractivity contribution in [3.8, 4) is 0 Å². The van der Waals surface area contributed by atoms with Crippen LogP contribution in [0.15, 0.2) is 23.5 Å². The van der Waals surface area contributed by atoms with Crippen LogP contribution in [0.4, 0.5) is 18.9 Å². The van der Waals surface area contributed by atoms with Crippen molar-refractivity contribution >= 4 is 15.7 Å². The van der Waals surface area contributed by atoms with Crippen molar-refractivity contribution in [2.24, 2.45) is 7.05 Å². The highest BCUT2D eigenvalue weighted by molar-refractivity contribution is 7.92. The van der Waals surface area contributed by atoms with Gasteiger partial charge in [-0.3, -0.25) is 14.1 Å². The Labute approximate surface area is 118 Å². The van der Waals surface area contributed by atoms with E-state index in [9.17, 15) is 21.6 Å². The Balaban J connectivity index is 2.20. The van der Waals surface area contributed by atoms with E-state index in [-0.39, 0.29) is 10.6 Å². The summed E-state index contributed by atoms with van der Waals surface area (Å²) in [5, 5.41) is 7.26. The molecule has 0 unspecified atom stereocenters. The molecule has 0 aliphatic carbocycles. The van der Waals surface area contributed by atoms with Gasteiger partial charge < -0.3 is 0 Å². The molecule has 0 fully saturated rings. The van der Waals surface area contributed by atoms with Crippen molar-refractivity contribution in [2.75, 3.05) is 4.72 Å². The summed E-state index contributed by atoms with van der Waals surface area (Å²) in [5.74, 6) is 0. The largest absolute Gasteiger partial charge is 0.408 e. The number of aryl methyl sites for hydroxylation is 1. The van der Waals surface area contributed by atoms with E-state index in [1.165, 1.54) is 4.68 Å². The maximum absolute atomic E-state index is 12.2. The SMILES string of the molecule is Cc1c(S(=O)(=O)Nc2cnn(CC(F)(F)F)c2)cnn1C. The molecular formula is C10H12F3N5O2S. The molecule has 116 valence electrons. The van der Waals surface area contributed by atoms with Gasteiger partial charge in [0.1, 0.15) is 11.4 Å². The Morgan fingerprint density at radius 2 is 1.95 bits per heavy atom. The van der Waals surface area contributed by atoms with Gasteiger partial charge in [0.05, 0.1) is 23.8 Å². The molecule has 0 bridgehead atoms. The smallest absolute Gasteiger partial charge is 0.276 e. The maximum Gasteiger partial charge on any atom is 0.408 e. The van der Waals surface area contributed by atoms with E-state index < -0.39 is 22.7 Å². The predicted octanol–water partition coefficient (Wildman–Crippen LogP) is 1.29. The summed E-state index contributed by atoms with van der Waals surface area (Å²) >= 11 is 0. The fourth-order valence-electron chi connectivity index (χ4n) is 1.64. The van der Waals surface area contributed by atoms with Gasteiger partial charge in [0.25, 0.3) is 10.0 Å². The first-order valence-electron chi connectivity index (χ1n) is 5.69. The van der Waals surface area contributed by atoms with Crippen LogP contribution >= 0.6 is 0 Å². The lowest BCUT2D eigenvalue weighted by Crippen LogP contribution is -2.18. The van der Waals surface area contributed by atoms with Crippen molar-refractivity contribution in [3.63, 3.8) is 0 Å². The number of alkyl halides is 3. The summed E-state index contributed by atoms with van der Waals surface area (Å²) in [6.45, 7) is 0.273. The van der Waals surface area contributed by atoms with Crippen LogP contribution in [0, 0.1) is 6.92 Å². The zero-order chi connectivity index (χ0) is 15.8. The Morgan fingerprint density at radius 3 is 2.48 bits per heavy atom. The number of halogens is 3. The van der Waals surface area contributed by atoms with Crippen molar-refractivity contribution in [1.82, 2.24) is 19.6 Å². The molecule has 0 saturated heterocycles. The molecular weight excluding hydrogens is 311 g/mol. The van der Waals surface area contributed by atoms with Gasteiger partial charge >= 0.3 is 6.18 Å². The number of hydrogen-bond acceptors (Lipinski definition) is 4. The molecule has 0 atom stereocenters. The fourth-order valence-corrected chi connectivity index (χ4v) is 2.87. The lowest BCUT2D eigenvalue weighted by atomic mass is 10.5. The van der Waals surface area contributed by atoms with Crippen LogP contribution in [-0.2, 0) is 23.6 Å². The van der Waals surface area contributed by atoms with Gasteiger partial charge in [-0.25, -0.2) is 8.42 Å². The van der Waals surface area contributed by atoms with E-state index in [1.807, 2.05) is 0 Å². The van der Waals surface area contributed by atoms with Gasteiger partial charge in [0, 0.05) is 13.2 Å². The first-order chi connectivity index (χ1) is 9.58. The van der Waals surface area contributed by atoms with Crippen molar-refractivity contribution in [2.45, 2.75) is 24.5 Å². The predicted molar refractivity (Wildman–Crippen MR) is 67.0 cm³/mol. The second-order valence-corrected chi connectivity index (χ2v) is 6.02. The fraction of sp³-hybridized carbons (Fsp3) is 0.400. The summed E-state index contributed by atoms with van der Waals surface area (Å²) in [6.07, 6.45) is -1.29. The molecule has 11 heteroatoms. The van der Waals surface area contributed by atoms with Gasteiger partial charge in [0.15, 0.2) is 0 Å². The van der Waals surface area contributed by atoms with Crippen LogP contribution < -0.4 is 4.72 Å². The molecule has 2 rings (SSSR count). The lowest BCUT2D eigenvalue weighted by molar-refractivity contribution is -0.142. The number of sulfonamides is 1. The summed E-state index contributed by atoms with van der Waals surface area (Å²) in [7, 11) is -2.34. The molecule has 2 heterocycles. The number of rotatable bonds is 4. The van der Waals surface area contributed by atoms with Gasteiger partial charge in [-0.05, 0) is 6.92 Å². The van der Waals surface area contributed by atoms with Crippen molar-refractivity contribution in [3.05, 3.63) is 24.3 Å². The summed E-state index contributed by atoms with van der Waals surface area (Å²) in [6, 6.07) is 0. The minimum absolute atomic E-state index is 0.0476. The number of hydrogen-bond donors (Lipinski definition) is 1. The van der Waals surface area contributed by atoms with Crippen molar-refractivity contribution in [1.29, 1.82) is 0 Å². The van der Waals surface area contributed by atoms with E-state index in [0.29, 0.717) is 10.4 Å². The highest BCUT2D eigenvalue weighted by Crippen LogP contribution is 2.20. The van der Waals surface area contributed by atoms with Crippen LogP contribution in [0.5, 0.6) is 0 Å². The molecule has 0 aliphatic heterocycles. The van der Waals surface area contributed by atoms with Gasteiger partial charge in [-0.15, -0.1) is 0 Å². The molecule has 0 amide bonds. The van der Waals surface area contributed by atoms with E-state index in [4.69, 9.17) is 0 Å². The Hall–Kier alpha value is -2.04. The third-order valence-electron chi connectivity index (χ3n) is 2.71. The molecule has 1 N–H and O–H groups in total. The number of aromatic nitrogens is 4. The second-order valence-electron chi connectivity index (χ2n) is 4.37. The lowest BCUT2D eigenvalue weighted by Gasteiger charge is -2.06. The zero-order valence-corrected chi connectivity index (χ0v) is 11.9. The number of anilines is 1. The Kier molecular flexibility index (Phi) is 3.70. The molecule has 2 aromatic heterocycles. The van der Waals surface area contributed by atoms with Crippen molar-refractivity contribution < 1.29 is 21.6 Å². The first-order valence-corrected chi connectivity index (χ1v) is 7.17. The van der Waals surface area contributed by atoms with Gasteiger partial charge in [0.2, 0.25) is 0 Å². The average Bonchev–Trinajstić information content (AvgIpc) is 2.85. The molecule has 0 saturated carbocycles. The highest BCUT2D eigenvalue weighted by atomic mass is 32.2. The summed E-state index contributed by atoms with van der Waals surface area (Å²) in [5.41, 5.74) is 0.354. The Morgan fingerprint density at radius 1 is 1.29 bits per heavy atom. The second kappa shape index (κ2) is 5.06. The van der Waals surface area contributed by atoms with Crippen LogP contribution in [0.25, 0.3) is 0 Å². The molecule has 0 aromatic carbocycles. The minimum Gasteiger partial charge on any atom is -0.276 e. The molecule has 2 aromatic rings. The molecule has 0 aliphatic rings. The highest BCUT2D eigenvalue weighted by Gasteiger charge is 2.28. The number of nitrogens with one attached hydrogen (secondary N) is 1. The minimum atomic E-state index is -4.43. The van der Waals surface area contributed by atoms with Gasteiger partial charge in [-0.2, -0.15) is 23.4 Å². The monoisotopic (exact) mass is 323 g/mol. The van der Waals surface area contributed by atoms with Crippen LogP contribution in [0.3, 0.4) is 0 Å². The Bertz CT molecular complexity index is 747. The molecule has 7 nitrogen and oxygen atoms in total. The van der Waals surface area contributed by atoms with E-state index in [1.54, 1.807) is 14.0 Å². The third kappa shape index (κ3) is 3.54. The normalized spacial score (nSPS) is 12.6. The topological polar surface area (TPSA) is 81.8 Å². The zero-order valence-electron chi connectivity index (χ0n) is 11.1. The van der Waals surface area contributed by atoms with Crippen LogP contribution in [0.1, 0.15) is 5.69 Å². The third-order valence-corrected chi connectivity index (χ3v) is 4.19. The van der Waals surface area contributed by atoms with E-state index in [2.05, 4.69) is 14.9 Å². The maximum atomic E-state index is 12.2. The summed E-state index contributed by atoms with van der Waals surface area (Å²) in [4.78, 5) is -0.0476. The number of nitrogens with zero attached hydrogens (tertiary/aromatic N) is 4. The first kappa shape index (κ1) is 15.4. The van der Waals surface area contributed by atoms with Crippen LogP contribution in [0.2, 0.25) is 0 Å². The van der Waals surface area contributed by atoms with Crippen LogP contribution in [-0.4, -0.2) is 34.2 Å². The van der Waals surface area contributed by atoms with E-state index >= 15 is 0 Å². The molecule has 0 radical (unpaired) electrons.